The molecule has 0 unspecified atom stereocenters. The molecule has 8 aromatic rings. The van der Waals surface area contributed by atoms with E-state index in [1.807, 2.05) is 12.1 Å². The lowest BCUT2D eigenvalue weighted by molar-refractivity contribution is 0.669. The van der Waals surface area contributed by atoms with Crippen molar-refractivity contribution < 1.29 is 4.42 Å². The van der Waals surface area contributed by atoms with Crippen LogP contribution in [0.1, 0.15) is 0 Å². The normalized spacial score (nSPS) is 11.3. The summed E-state index contributed by atoms with van der Waals surface area (Å²) >= 11 is 0. The second-order valence-corrected chi connectivity index (χ2v) is 10.6. The molecule has 7 aromatic carbocycles. The lowest BCUT2D eigenvalue weighted by Crippen LogP contribution is -2.09. The Labute approximate surface area is 244 Å². The minimum atomic E-state index is 0.919. The third-order valence-corrected chi connectivity index (χ3v) is 8.06. The first kappa shape index (κ1) is 24.2. The van der Waals surface area contributed by atoms with Crippen LogP contribution < -0.4 is 4.90 Å². The number of nitrogens with zero attached hydrogens (tertiary/aromatic N) is 1. The SMILES string of the molecule is c1ccc(-c2ccccc2-c2ccc(N(c3ccccc3)c3ccc4c(ccc5oc6ccccc6c54)c3)cc2)cc1. The Bertz CT molecular complexity index is 2180. The van der Waals surface area contributed by atoms with Gasteiger partial charge in [-0.3, -0.25) is 0 Å². The lowest BCUT2D eigenvalue weighted by Gasteiger charge is -2.26. The van der Waals surface area contributed by atoms with Gasteiger partial charge in [-0.2, -0.15) is 0 Å². The molecule has 0 fully saturated rings. The van der Waals surface area contributed by atoms with E-state index in [4.69, 9.17) is 4.42 Å². The van der Waals surface area contributed by atoms with Crippen molar-refractivity contribution in [3.05, 3.63) is 164 Å². The third-order valence-electron chi connectivity index (χ3n) is 8.06. The van der Waals surface area contributed by atoms with Crippen LogP contribution in [0, 0.1) is 0 Å². The standard InChI is InChI=1S/C40H27NO/c1-3-11-28(12-4-1)34-15-7-8-16-35(34)29-19-22-32(23-20-29)41(31-13-5-2-6-14-31)33-24-25-36-30(27-33)21-26-39-40(36)37-17-9-10-18-38(37)42-39/h1-27H. The molecule has 0 radical (unpaired) electrons. The average Bonchev–Trinajstić information content (AvgIpc) is 3.45. The van der Waals surface area contributed by atoms with Crippen LogP contribution in [-0.2, 0) is 0 Å². The molecule has 0 saturated carbocycles. The van der Waals surface area contributed by atoms with E-state index in [-0.39, 0.29) is 0 Å². The molecule has 198 valence electrons. The first-order chi connectivity index (χ1) is 20.8. The molecule has 0 atom stereocenters. The molecule has 1 heterocycles. The van der Waals surface area contributed by atoms with Gasteiger partial charge in [0.05, 0.1) is 0 Å². The van der Waals surface area contributed by atoms with Crippen molar-refractivity contribution in [1.29, 1.82) is 0 Å². The molecule has 2 heteroatoms. The zero-order valence-corrected chi connectivity index (χ0v) is 22.9. The van der Waals surface area contributed by atoms with Gasteiger partial charge >= 0.3 is 0 Å². The Morgan fingerprint density at radius 1 is 0.381 bits per heavy atom. The van der Waals surface area contributed by atoms with Crippen molar-refractivity contribution in [2.75, 3.05) is 4.90 Å². The average molecular weight is 538 g/mol. The Morgan fingerprint density at radius 2 is 0.976 bits per heavy atom. The molecule has 1 aromatic heterocycles. The summed E-state index contributed by atoms with van der Waals surface area (Å²) in [6, 6.07) is 57.9. The topological polar surface area (TPSA) is 16.4 Å². The Balaban J connectivity index is 1.24. The lowest BCUT2D eigenvalue weighted by atomic mass is 9.94. The second-order valence-electron chi connectivity index (χ2n) is 10.6. The summed E-state index contributed by atoms with van der Waals surface area (Å²) in [6.07, 6.45) is 0. The third kappa shape index (κ3) is 4.13. The van der Waals surface area contributed by atoms with E-state index in [1.54, 1.807) is 0 Å². The fourth-order valence-electron chi connectivity index (χ4n) is 6.10. The van der Waals surface area contributed by atoms with Gasteiger partial charge in [0.25, 0.3) is 0 Å². The maximum Gasteiger partial charge on any atom is 0.136 e. The van der Waals surface area contributed by atoms with Gasteiger partial charge in [-0.15, -0.1) is 0 Å². The summed E-state index contributed by atoms with van der Waals surface area (Å²) in [5.74, 6) is 0. The smallest absolute Gasteiger partial charge is 0.136 e. The summed E-state index contributed by atoms with van der Waals surface area (Å²) < 4.78 is 6.15. The van der Waals surface area contributed by atoms with E-state index in [1.165, 1.54) is 38.4 Å². The molecule has 0 aliphatic rings. The molecule has 2 nitrogen and oxygen atoms in total. The highest BCUT2D eigenvalue weighted by molar-refractivity contribution is 6.19. The highest BCUT2D eigenvalue weighted by Crippen LogP contribution is 2.40. The van der Waals surface area contributed by atoms with Gasteiger partial charge < -0.3 is 9.32 Å². The minimum Gasteiger partial charge on any atom is -0.456 e. The van der Waals surface area contributed by atoms with Gasteiger partial charge in [-0.1, -0.05) is 115 Å². The summed E-state index contributed by atoms with van der Waals surface area (Å²) in [7, 11) is 0. The highest BCUT2D eigenvalue weighted by Gasteiger charge is 2.16. The van der Waals surface area contributed by atoms with E-state index in [0.717, 1.165) is 33.6 Å². The van der Waals surface area contributed by atoms with Crippen LogP contribution >= 0.6 is 0 Å². The fraction of sp³-hybridized carbons (Fsp3) is 0. The molecular formula is C40H27NO. The zero-order valence-electron chi connectivity index (χ0n) is 22.9. The predicted molar refractivity (Wildman–Crippen MR) is 177 cm³/mol. The van der Waals surface area contributed by atoms with Crippen LogP contribution in [0.3, 0.4) is 0 Å². The van der Waals surface area contributed by atoms with Gasteiger partial charge in [-0.05, 0) is 81.6 Å². The van der Waals surface area contributed by atoms with Crippen molar-refractivity contribution in [1.82, 2.24) is 0 Å². The molecule has 8 rings (SSSR count). The Kier molecular flexibility index (Phi) is 5.82. The largest absolute Gasteiger partial charge is 0.456 e. The number of benzene rings is 7. The van der Waals surface area contributed by atoms with E-state index in [9.17, 15) is 0 Å². The molecule has 0 aliphatic heterocycles. The number of rotatable bonds is 5. The van der Waals surface area contributed by atoms with E-state index >= 15 is 0 Å². The summed E-state index contributed by atoms with van der Waals surface area (Å²) in [5.41, 5.74) is 10.0. The summed E-state index contributed by atoms with van der Waals surface area (Å²) in [5, 5.41) is 4.70. The molecule has 0 amide bonds. The molecule has 0 spiro atoms. The minimum absolute atomic E-state index is 0.919. The molecule has 0 saturated heterocycles. The molecule has 0 bridgehead atoms. The second kappa shape index (κ2) is 10.1. The van der Waals surface area contributed by atoms with Crippen LogP contribution in [0.2, 0.25) is 0 Å². The molecule has 42 heavy (non-hydrogen) atoms. The zero-order chi connectivity index (χ0) is 27.9. The number of hydrogen-bond donors (Lipinski definition) is 0. The van der Waals surface area contributed by atoms with E-state index in [2.05, 4.69) is 157 Å². The highest BCUT2D eigenvalue weighted by atomic mass is 16.3. The monoisotopic (exact) mass is 537 g/mol. The van der Waals surface area contributed by atoms with Crippen molar-refractivity contribution >= 4 is 49.8 Å². The quantitative estimate of drug-likeness (QED) is 0.217. The van der Waals surface area contributed by atoms with Gasteiger partial charge in [0.1, 0.15) is 11.2 Å². The Morgan fingerprint density at radius 3 is 1.74 bits per heavy atom. The molecule has 0 aliphatic carbocycles. The number of hydrogen-bond acceptors (Lipinski definition) is 2. The van der Waals surface area contributed by atoms with Gasteiger partial charge in [0.15, 0.2) is 0 Å². The van der Waals surface area contributed by atoms with Crippen molar-refractivity contribution in [2.24, 2.45) is 0 Å². The summed E-state index contributed by atoms with van der Waals surface area (Å²) in [4.78, 5) is 2.32. The van der Waals surface area contributed by atoms with Crippen molar-refractivity contribution in [2.45, 2.75) is 0 Å². The Hall–Kier alpha value is -5.60. The summed E-state index contributed by atoms with van der Waals surface area (Å²) in [6.45, 7) is 0. The maximum absolute atomic E-state index is 6.15. The molecule has 0 N–H and O–H groups in total. The van der Waals surface area contributed by atoms with Crippen LogP contribution in [-0.4, -0.2) is 0 Å². The van der Waals surface area contributed by atoms with Crippen LogP contribution in [0.5, 0.6) is 0 Å². The van der Waals surface area contributed by atoms with Crippen molar-refractivity contribution in [3.63, 3.8) is 0 Å². The first-order valence-corrected chi connectivity index (χ1v) is 14.3. The van der Waals surface area contributed by atoms with E-state index < -0.39 is 0 Å². The number of para-hydroxylation sites is 2. The van der Waals surface area contributed by atoms with Crippen molar-refractivity contribution in [3.8, 4) is 22.3 Å². The van der Waals surface area contributed by atoms with Gasteiger partial charge in [-0.25, -0.2) is 0 Å². The van der Waals surface area contributed by atoms with E-state index in [0.29, 0.717) is 0 Å². The maximum atomic E-state index is 6.15. The molecular weight excluding hydrogens is 510 g/mol. The predicted octanol–water partition coefficient (Wildman–Crippen LogP) is 11.5. The van der Waals surface area contributed by atoms with Crippen LogP contribution in [0.4, 0.5) is 17.1 Å². The number of furan rings is 1. The first-order valence-electron chi connectivity index (χ1n) is 14.3. The van der Waals surface area contributed by atoms with Gasteiger partial charge in [0.2, 0.25) is 0 Å². The van der Waals surface area contributed by atoms with Crippen LogP contribution in [0.15, 0.2) is 168 Å². The number of fused-ring (bicyclic) bond motifs is 5. The van der Waals surface area contributed by atoms with Crippen LogP contribution in [0.25, 0.3) is 55.0 Å². The fourth-order valence-corrected chi connectivity index (χ4v) is 6.10. The van der Waals surface area contributed by atoms with Gasteiger partial charge in [0, 0.05) is 27.8 Å². The number of anilines is 3.